The number of rotatable bonds is 5. The Morgan fingerprint density at radius 2 is 1.37 bits per heavy atom. The van der Waals surface area contributed by atoms with Crippen molar-refractivity contribution in [2.75, 3.05) is 0 Å². The van der Waals surface area contributed by atoms with Gasteiger partial charge in [-0.3, -0.25) is 4.79 Å². The molecule has 0 aliphatic heterocycles. The predicted molar refractivity (Wildman–Crippen MR) is 131 cm³/mol. The Kier molecular flexibility index (Phi) is 5.51. The summed E-state index contributed by atoms with van der Waals surface area (Å²) >= 11 is 0. The average Bonchev–Trinajstić information content (AvgIpc) is 2.87. The zero-order chi connectivity index (χ0) is 24.5. The largest absolute Gasteiger partial charge is 0.507 e. The molecule has 7 nitrogen and oxygen atoms in total. The lowest BCUT2D eigenvalue weighted by atomic mass is 10.0. The highest BCUT2D eigenvalue weighted by Crippen LogP contribution is 2.38. The standard InChI is InChI=1S/C28H20O7/c29-21-11-10-19(12-22(21)30)28-27(33)26(32)25-23(31)13-20(14-24(25)35-28)34-15-16-6-8-18(9-7-16)17-4-2-1-3-5-17/h1-14,29-31,33H,15H2. The molecule has 174 valence electrons. The Bertz CT molecular complexity index is 1590. The molecule has 0 radical (unpaired) electrons. The third kappa shape index (κ3) is 4.22. The molecule has 0 saturated carbocycles. The Morgan fingerprint density at radius 3 is 2.09 bits per heavy atom. The lowest BCUT2D eigenvalue weighted by Gasteiger charge is -2.11. The number of ether oxygens (including phenoxy) is 1. The van der Waals surface area contributed by atoms with Crippen LogP contribution in [0, 0.1) is 0 Å². The van der Waals surface area contributed by atoms with Crippen molar-refractivity contribution in [3.63, 3.8) is 0 Å². The van der Waals surface area contributed by atoms with E-state index in [1.54, 1.807) is 0 Å². The second-order valence-corrected chi connectivity index (χ2v) is 7.98. The highest BCUT2D eigenvalue weighted by molar-refractivity contribution is 5.88. The molecule has 0 amide bonds. The van der Waals surface area contributed by atoms with Crippen LogP contribution in [0.3, 0.4) is 0 Å². The first-order chi connectivity index (χ1) is 16.9. The van der Waals surface area contributed by atoms with Crippen LogP contribution in [-0.4, -0.2) is 20.4 Å². The van der Waals surface area contributed by atoms with E-state index in [1.807, 2.05) is 54.6 Å². The fraction of sp³-hybridized carbons (Fsp3) is 0.0357. The van der Waals surface area contributed by atoms with Crippen molar-refractivity contribution in [3.8, 4) is 51.2 Å². The molecule has 5 rings (SSSR count). The molecule has 5 aromatic rings. The molecule has 0 fully saturated rings. The maximum absolute atomic E-state index is 12.7. The Labute approximate surface area is 199 Å². The molecule has 1 heterocycles. The normalized spacial score (nSPS) is 11.0. The summed E-state index contributed by atoms with van der Waals surface area (Å²) in [5, 5.41) is 39.9. The van der Waals surface area contributed by atoms with Crippen LogP contribution < -0.4 is 10.2 Å². The minimum atomic E-state index is -0.839. The first kappa shape index (κ1) is 21.9. The van der Waals surface area contributed by atoms with Crippen LogP contribution in [0.25, 0.3) is 33.4 Å². The van der Waals surface area contributed by atoms with Crippen molar-refractivity contribution >= 4 is 11.0 Å². The van der Waals surface area contributed by atoms with Crippen molar-refractivity contribution < 1.29 is 29.6 Å². The number of hydrogen-bond acceptors (Lipinski definition) is 7. The van der Waals surface area contributed by atoms with E-state index in [4.69, 9.17) is 9.15 Å². The number of benzene rings is 4. The van der Waals surface area contributed by atoms with Gasteiger partial charge in [0.05, 0.1) is 0 Å². The second kappa shape index (κ2) is 8.79. The van der Waals surface area contributed by atoms with Gasteiger partial charge in [0.2, 0.25) is 11.2 Å². The molecule has 0 atom stereocenters. The molecular weight excluding hydrogens is 448 g/mol. The highest BCUT2D eigenvalue weighted by atomic mass is 16.5. The van der Waals surface area contributed by atoms with Gasteiger partial charge < -0.3 is 29.6 Å². The number of phenolic OH excluding ortho intramolecular Hbond substituents is 3. The van der Waals surface area contributed by atoms with Crippen LogP contribution in [0.1, 0.15) is 5.56 Å². The fourth-order valence-electron chi connectivity index (χ4n) is 3.80. The molecule has 0 aliphatic carbocycles. The number of phenols is 3. The predicted octanol–water partition coefficient (Wildman–Crippen LogP) is 5.53. The molecule has 0 aliphatic rings. The smallest absolute Gasteiger partial charge is 0.238 e. The lowest BCUT2D eigenvalue weighted by Crippen LogP contribution is -2.04. The highest BCUT2D eigenvalue weighted by Gasteiger charge is 2.20. The van der Waals surface area contributed by atoms with E-state index in [1.165, 1.54) is 24.3 Å². The molecular formula is C28H20O7. The fourth-order valence-corrected chi connectivity index (χ4v) is 3.80. The van der Waals surface area contributed by atoms with E-state index in [9.17, 15) is 25.2 Å². The summed E-state index contributed by atoms with van der Waals surface area (Å²) in [6.45, 7) is 0.209. The third-order valence-corrected chi connectivity index (χ3v) is 5.63. The van der Waals surface area contributed by atoms with Crippen LogP contribution in [-0.2, 0) is 6.61 Å². The Morgan fingerprint density at radius 1 is 0.686 bits per heavy atom. The van der Waals surface area contributed by atoms with E-state index < -0.39 is 22.7 Å². The van der Waals surface area contributed by atoms with Crippen LogP contribution in [0.15, 0.2) is 94.1 Å². The molecule has 0 spiro atoms. The first-order valence-corrected chi connectivity index (χ1v) is 10.7. The SMILES string of the molecule is O=c1c(O)c(-c2ccc(O)c(O)c2)oc2cc(OCc3ccc(-c4ccccc4)cc3)cc(O)c12. The van der Waals surface area contributed by atoms with Gasteiger partial charge >= 0.3 is 0 Å². The van der Waals surface area contributed by atoms with Gasteiger partial charge in [0, 0.05) is 17.7 Å². The van der Waals surface area contributed by atoms with E-state index in [0.29, 0.717) is 0 Å². The summed E-state index contributed by atoms with van der Waals surface area (Å²) in [4.78, 5) is 12.7. The molecule has 0 unspecified atom stereocenters. The van der Waals surface area contributed by atoms with Crippen molar-refractivity contribution in [1.29, 1.82) is 0 Å². The van der Waals surface area contributed by atoms with Crippen molar-refractivity contribution in [2.45, 2.75) is 6.61 Å². The molecule has 7 heteroatoms. The number of hydrogen-bond donors (Lipinski definition) is 4. The van der Waals surface area contributed by atoms with E-state index in [-0.39, 0.29) is 40.4 Å². The van der Waals surface area contributed by atoms with Gasteiger partial charge in [-0.05, 0) is 34.9 Å². The monoisotopic (exact) mass is 468 g/mol. The maximum atomic E-state index is 12.7. The van der Waals surface area contributed by atoms with Crippen molar-refractivity contribution in [2.24, 2.45) is 0 Å². The lowest BCUT2D eigenvalue weighted by molar-refractivity contribution is 0.304. The van der Waals surface area contributed by atoms with Gasteiger partial charge in [-0.1, -0.05) is 54.6 Å². The Hall–Kier alpha value is -4.91. The summed E-state index contributed by atoms with van der Waals surface area (Å²) in [7, 11) is 0. The summed E-state index contributed by atoms with van der Waals surface area (Å²) < 4.78 is 11.5. The summed E-state index contributed by atoms with van der Waals surface area (Å²) in [5.74, 6) is -1.89. The van der Waals surface area contributed by atoms with Crippen molar-refractivity contribution in [1.82, 2.24) is 0 Å². The molecule has 35 heavy (non-hydrogen) atoms. The van der Waals surface area contributed by atoms with Crippen LogP contribution >= 0.6 is 0 Å². The summed E-state index contributed by atoms with van der Waals surface area (Å²) in [6.07, 6.45) is 0. The number of aromatic hydroxyl groups is 4. The summed E-state index contributed by atoms with van der Waals surface area (Å²) in [5.41, 5.74) is 2.40. The van der Waals surface area contributed by atoms with Gasteiger partial charge in [0.1, 0.15) is 29.1 Å². The topological polar surface area (TPSA) is 120 Å². The summed E-state index contributed by atoms with van der Waals surface area (Å²) in [6, 6.07) is 24.3. The number of fused-ring (bicyclic) bond motifs is 1. The minimum Gasteiger partial charge on any atom is -0.507 e. The minimum absolute atomic E-state index is 0.00945. The van der Waals surface area contributed by atoms with Crippen LogP contribution in [0.2, 0.25) is 0 Å². The average molecular weight is 468 g/mol. The quantitative estimate of drug-likeness (QED) is 0.250. The first-order valence-electron chi connectivity index (χ1n) is 10.7. The van der Waals surface area contributed by atoms with E-state index in [0.717, 1.165) is 22.8 Å². The zero-order valence-electron chi connectivity index (χ0n) is 18.3. The van der Waals surface area contributed by atoms with Crippen molar-refractivity contribution in [3.05, 3.63) is 101 Å². The second-order valence-electron chi connectivity index (χ2n) is 7.98. The maximum Gasteiger partial charge on any atom is 0.238 e. The van der Waals surface area contributed by atoms with Gasteiger partial charge in [0.15, 0.2) is 17.3 Å². The molecule has 1 aromatic heterocycles. The van der Waals surface area contributed by atoms with Gasteiger partial charge in [-0.2, -0.15) is 0 Å². The van der Waals surface area contributed by atoms with Crippen LogP contribution in [0.4, 0.5) is 0 Å². The molecule has 4 aromatic carbocycles. The molecule has 0 saturated heterocycles. The van der Waals surface area contributed by atoms with Crippen LogP contribution in [0.5, 0.6) is 28.7 Å². The Balaban J connectivity index is 1.44. The third-order valence-electron chi connectivity index (χ3n) is 5.63. The van der Waals surface area contributed by atoms with E-state index >= 15 is 0 Å². The zero-order valence-corrected chi connectivity index (χ0v) is 18.3. The van der Waals surface area contributed by atoms with Gasteiger partial charge in [0.25, 0.3) is 0 Å². The molecule has 4 N–H and O–H groups in total. The van der Waals surface area contributed by atoms with Gasteiger partial charge in [-0.25, -0.2) is 0 Å². The molecule has 0 bridgehead atoms. The van der Waals surface area contributed by atoms with E-state index in [2.05, 4.69) is 0 Å². The van der Waals surface area contributed by atoms with Gasteiger partial charge in [-0.15, -0.1) is 0 Å².